The van der Waals surface area contributed by atoms with E-state index in [-0.39, 0.29) is 11.7 Å². The second-order valence-electron chi connectivity index (χ2n) is 4.23. The van der Waals surface area contributed by atoms with Crippen molar-refractivity contribution in [2.75, 3.05) is 0 Å². The molecule has 2 rings (SSSR count). The molecular weight excluding hydrogens is 268 g/mol. The smallest absolute Gasteiger partial charge is 0.333 e. The number of hydrogen-bond acceptors (Lipinski definition) is 3. The second kappa shape index (κ2) is 5.81. The van der Waals surface area contributed by atoms with Gasteiger partial charge in [-0.1, -0.05) is 0 Å². The average molecular weight is 283 g/mol. The first-order chi connectivity index (χ1) is 9.52. The fraction of sp³-hybridized carbons (Fsp3) is 0.417. The van der Waals surface area contributed by atoms with Crippen LogP contribution in [0.2, 0.25) is 0 Å². The first-order valence-electron chi connectivity index (χ1n) is 6.18. The van der Waals surface area contributed by atoms with Gasteiger partial charge in [-0.2, -0.15) is 19.0 Å². The van der Waals surface area contributed by atoms with Crippen LogP contribution in [0.1, 0.15) is 42.6 Å². The van der Waals surface area contributed by atoms with Crippen molar-refractivity contribution in [2.24, 2.45) is 0 Å². The van der Waals surface area contributed by atoms with E-state index < -0.39 is 12.5 Å². The van der Waals surface area contributed by atoms with E-state index in [1.807, 2.05) is 6.92 Å². The van der Waals surface area contributed by atoms with Crippen LogP contribution in [0.4, 0.5) is 8.78 Å². The summed E-state index contributed by atoms with van der Waals surface area (Å²) in [6.07, 6.45) is 2.72. The average Bonchev–Trinajstić information content (AvgIpc) is 3.07. The molecule has 0 aliphatic heterocycles. The third-order valence-corrected chi connectivity index (χ3v) is 2.88. The van der Waals surface area contributed by atoms with Crippen LogP contribution in [-0.4, -0.2) is 25.5 Å². The van der Waals surface area contributed by atoms with Gasteiger partial charge >= 0.3 is 6.55 Å². The fourth-order valence-corrected chi connectivity index (χ4v) is 1.89. The number of carbonyl (C=O) groups excluding carboxylic acids is 1. The third kappa shape index (κ3) is 2.84. The number of aryl methyl sites for hydroxylation is 1. The molecule has 108 valence electrons. The minimum absolute atomic E-state index is 0.0419. The Bertz CT molecular complexity index is 592. The van der Waals surface area contributed by atoms with E-state index in [1.165, 1.54) is 6.07 Å². The van der Waals surface area contributed by atoms with Crippen LogP contribution in [0, 0.1) is 0 Å². The molecule has 0 radical (unpaired) electrons. The molecular formula is C12H15F2N5O. The minimum atomic E-state index is -2.75. The Morgan fingerprint density at radius 2 is 2.20 bits per heavy atom. The zero-order chi connectivity index (χ0) is 14.7. The van der Waals surface area contributed by atoms with Gasteiger partial charge < -0.3 is 5.32 Å². The van der Waals surface area contributed by atoms with Gasteiger partial charge in [-0.3, -0.25) is 9.48 Å². The van der Waals surface area contributed by atoms with Crippen LogP contribution in [0.15, 0.2) is 24.5 Å². The van der Waals surface area contributed by atoms with Gasteiger partial charge in [0.1, 0.15) is 5.69 Å². The molecule has 1 N–H and O–H groups in total. The van der Waals surface area contributed by atoms with Crippen LogP contribution in [0.5, 0.6) is 0 Å². The maximum Gasteiger partial charge on any atom is 0.333 e. The SMILES string of the molecule is CCn1nccc1C(C)NC(=O)c1ccn(C(F)F)n1. The number of alkyl halides is 2. The standard InChI is InChI=1S/C12H15F2N5O/c1-3-18-10(4-6-15-18)8(2)16-11(20)9-5-7-19(17-9)12(13)14/h4-8,12H,3H2,1-2H3,(H,16,20). The molecule has 1 unspecified atom stereocenters. The summed E-state index contributed by atoms with van der Waals surface area (Å²) in [5, 5.41) is 10.3. The molecule has 0 aliphatic rings. The Morgan fingerprint density at radius 3 is 2.80 bits per heavy atom. The molecule has 8 heteroatoms. The molecule has 0 saturated carbocycles. The lowest BCUT2D eigenvalue weighted by molar-refractivity contribution is 0.0559. The second-order valence-corrected chi connectivity index (χ2v) is 4.23. The molecule has 0 aliphatic carbocycles. The first kappa shape index (κ1) is 14.2. The van der Waals surface area contributed by atoms with Crippen LogP contribution in [-0.2, 0) is 6.54 Å². The normalized spacial score (nSPS) is 12.7. The summed E-state index contributed by atoms with van der Waals surface area (Å²) >= 11 is 0. The van der Waals surface area contributed by atoms with Crippen LogP contribution >= 0.6 is 0 Å². The lowest BCUT2D eigenvalue weighted by Gasteiger charge is -2.14. The summed E-state index contributed by atoms with van der Waals surface area (Å²) < 4.78 is 27.0. The molecule has 0 bridgehead atoms. The Labute approximate surface area is 114 Å². The predicted octanol–water partition coefficient (Wildman–Crippen LogP) is 1.99. The third-order valence-electron chi connectivity index (χ3n) is 2.88. The van der Waals surface area contributed by atoms with E-state index in [0.717, 1.165) is 11.9 Å². The van der Waals surface area contributed by atoms with Gasteiger partial charge in [0, 0.05) is 18.9 Å². The van der Waals surface area contributed by atoms with Gasteiger partial charge in [-0.25, -0.2) is 4.68 Å². The molecule has 6 nitrogen and oxygen atoms in total. The molecule has 20 heavy (non-hydrogen) atoms. The largest absolute Gasteiger partial charge is 0.343 e. The molecule has 2 aromatic rings. The predicted molar refractivity (Wildman–Crippen MR) is 67.3 cm³/mol. The lowest BCUT2D eigenvalue weighted by atomic mass is 10.2. The van der Waals surface area contributed by atoms with Gasteiger partial charge in [0.2, 0.25) is 0 Å². The van der Waals surface area contributed by atoms with Gasteiger partial charge in [-0.15, -0.1) is 0 Å². The highest BCUT2D eigenvalue weighted by atomic mass is 19.3. The van der Waals surface area contributed by atoms with Crippen molar-refractivity contribution >= 4 is 5.91 Å². The molecule has 1 atom stereocenters. The Kier molecular flexibility index (Phi) is 4.11. The molecule has 0 fully saturated rings. The zero-order valence-electron chi connectivity index (χ0n) is 11.1. The minimum Gasteiger partial charge on any atom is -0.343 e. The highest BCUT2D eigenvalue weighted by Gasteiger charge is 2.17. The maximum absolute atomic E-state index is 12.4. The number of hydrogen-bond donors (Lipinski definition) is 1. The summed E-state index contributed by atoms with van der Waals surface area (Å²) in [5.74, 6) is -0.499. The summed E-state index contributed by atoms with van der Waals surface area (Å²) in [6, 6.07) is 2.76. The Morgan fingerprint density at radius 1 is 1.45 bits per heavy atom. The van der Waals surface area contributed by atoms with Gasteiger partial charge in [-0.05, 0) is 26.0 Å². The monoisotopic (exact) mass is 283 g/mol. The summed E-state index contributed by atoms with van der Waals surface area (Å²) in [5.41, 5.74) is 0.800. The molecule has 2 heterocycles. The summed E-state index contributed by atoms with van der Waals surface area (Å²) in [7, 11) is 0. The zero-order valence-corrected chi connectivity index (χ0v) is 11.1. The number of amides is 1. The van der Waals surface area contributed by atoms with Gasteiger partial charge in [0.15, 0.2) is 0 Å². The van der Waals surface area contributed by atoms with Crippen LogP contribution in [0.3, 0.4) is 0 Å². The number of nitrogens with zero attached hydrogens (tertiary/aromatic N) is 4. The van der Waals surface area contributed by atoms with Gasteiger partial charge in [0.25, 0.3) is 5.91 Å². The number of halogens is 2. The number of carbonyl (C=O) groups is 1. The maximum atomic E-state index is 12.4. The van der Waals surface area contributed by atoms with E-state index in [9.17, 15) is 13.6 Å². The van der Waals surface area contributed by atoms with Crippen molar-refractivity contribution in [1.82, 2.24) is 24.9 Å². The van der Waals surface area contributed by atoms with E-state index in [0.29, 0.717) is 11.2 Å². The molecule has 0 spiro atoms. The van der Waals surface area contributed by atoms with Crippen molar-refractivity contribution in [3.63, 3.8) is 0 Å². The quantitative estimate of drug-likeness (QED) is 0.912. The van der Waals surface area contributed by atoms with E-state index in [2.05, 4.69) is 15.5 Å². The Balaban J connectivity index is 2.07. The summed E-state index contributed by atoms with van der Waals surface area (Å²) in [4.78, 5) is 11.9. The molecule has 0 aromatic carbocycles. The highest BCUT2D eigenvalue weighted by molar-refractivity contribution is 5.92. The van der Waals surface area contributed by atoms with Crippen molar-refractivity contribution in [2.45, 2.75) is 33.0 Å². The van der Waals surface area contributed by atoms with E-state index >= 15 is 0 Å². The van der Waals surface area contributed by atoms with Crippen molar-refractivity contribution in [3.05, 3.63) is 35.9 Å². The Hall–Kier alpha value is -2.25. The molecule has 0 saturated heterocycles. The molecule has 1 amide bonds. The van der Waals surface area contributed by atoms with Crippen molar-refractivity contribution in [1.29, 1.82) is 0 Å². The highest BCUT2D eigenvalue weighted by Crippen LogP contribution is 2.13. The van der Waals surface area contributed by atoms with Crippen LogP contribution < -0.4 is 5.32 Å². The number of aromatic nitrogens is 4. The van der Waals surface area contributed by atoms with E-state index in [1.54, 1.807) is 23.9 Å². The molecule has 2 aromatic heterocycles. The van der Waals surface area contributed by atoms with Crippen molar-refractivity contribution in [3.8, 4) is 0 Å². The fourth-order valence-electron chi connectivity index (χ4n) is 1.89. The van der Waals surface area contributed by atoms with E-state index in [4.69, 9.17) is 0 Å². The number of rotatable bonds is 5. The number of nitrogens with one attached hydrogen (secondary N) is 1. The van der Waals surface area contributed by atoms with Gasteiger partial charge in [0.05, 0.1) is 11.7 Å². The summed E-state index contributed by atoms with van der Waals surface area (Å²) in [6.45, 7) is 1.67. The topological polar surface area (TPSA) is 64.7 Å². The first-order valence-corrected chi connectivity index (χ1v) is 6.18. The van der Waals surface area contributed by atoms with Crippen LogP contribution in [0.25, 0.3) is 0 Å². The van der Waals surface area contributed by atoms with Crippen molar-refractivity contribution < 1.29 is 13.6 Å². The lowest BCUT2D eigenvalue weighted by Crippen LogP contribution is -2.28.